The van der Waals surface area contributed by atoms with Crippen LogP contribution in [-0.4, -0.2) is 52.6 Å². The Kier molecular flexibility index (Phi) is 3.96. The Labute approximate surface area is 123 Å². The van der Waals surface area contributed by atoms with Crippen molar-refractivity contribution < 1.29 is 9.53 Å². The summed E-state index contributed by atoms with van der Waals surface area (Å²) in [5, 5.41) is 8.37. The zero-order valence-corrected chi connectivity index (χ0v) is 12.0. The molecule has 0 radical (unpaired) electrons. The van der Waals surface area contributed by atoms with Crippen LogP contribution in [0.3, 0.4) is 0 Å². The predicted molar refractivity (Wildman–Crippen MR) is 77.6 cm³/mol. The van der Waals surface area contributed by atoms with Gasteiger partial charge in [-0.3, -0.25) is 4.79 Å². The molecule has 1 fully saturated rings. The fourth-order valence-corrected chi connectivity index (χ4v) is 2.37. The fourth-order valence-electron chi connectivity index (χ4n) is 2.37. The van der Waals surface area contributed by atoms with Gasteiger partial charge in [0.1, 0.15) is 5.69 Å². The maximum Gasteiger partial charge on any atom is 0.225 e. The summed E-state index contributed by atoms with van der Waals surface area (Å²) in [5.41, 5.74) is 1.91. The first-order valence-corrected chi connectivity index (χ1v) is 7.02. The molecule has 1 amide bonds. The van der Waals surface area contributed by atoms with Gasteiger partial charge in [0.05, 0.1) is 25.3 Å². The van der Waals surface area contributed by atoms with E-state index in [0.717, 1.165) is 11.3 Å². The molecular formula is C15H18N4O2. The van der Waals surface area contributed by atoms with Gasteiger partial charge < -0.3 is 9.64 Å². The summed E-state index contributed by atoms with van der Waals surface area (Å²) >= 11 is 0. The molecule has 6 nitrogen and oxygen atoms in total. The van der Waals surface area contributed by atoms with Gasteiger partial charge in [-0.1, -0.05) is 35.5 Å². The molecule has 2 heterocycles. The number of amides is 1. The number of carbonyl (C=O) groups is 1. The topological polar surface area (TPSA) is 60.2 Å². The third-order valence-electron chi connectivity index (χ3n) is 3.69. The molecule has 3 rings (SSSR count). The second kappa shape index (κ2) is 6.05. The third kappa shape index (κ3) is 2.95. The van der Waals surface area contributed by atoms with Crippen LogP contribution in [0.25, 0.3) is 11.3 Å². The van der Waals surface area contributed by atoms with Crippen LogP contribution < -0.4 is 0 Å². The largest absolute Gasteiger partial charge is 0.384 e. The average molecular weight is 286 g/mol. The highest BCUT2D eigenvalue weighted by atomic mass is 16.5. The van der Waals surface area contributed by atoms with Gasteiger partial charge in [-0.2, -0.15) is 0 Å². The molecular weight excluding hydrogens is 268 g/mol. The van der Waals surface area contributed by atoms with Crippen molar-refractivity contribution in [3.63, 3.8) is 0 Å². The van der Waals surface area contributed by atoms with Crippen molar-refractivity contribution in [2.45, 2.75) is 12.5 Å². The van der Waals surface area contributed by atoms with E-state index in [4.69, 9.17) is 4.74 Å². The number of aromatic nitrogens is 3. The molecule has 1 saturated heterocycles. The van der Waals surface area contributed by atoms with Crippen LogP contribution in [0.15, 0.2) is 36.5 Å². The Morgan fingerprint density at radius 3 is 2.81 bits per heavy atom. The minimum atomic E-state index is 0.136. The SMILES string of the molecule is COCCC(=O)N1CC(n2cc(-c3ccccc3)nn2)C1. The molecule has 0 N–H and O–H groups in total. The van der Waals surface area contributed by atoms with Gasteiger partial charge in [-0.15, -0.1) is 5.10 Å². The van der Waals surface area contributed by atoms with Crippen molar-refractivity contribution in [2.75, 3.05) is 26.8 Å². The molecule has 2 aromatic rings. The molecule has 0 aliphatic carbocycles. The molecule has 0 spiro atoms. The lowest BCUT2D eigenvalue weighted by molar-refractivity contribution is -0.138. The van der Waals surface area contributed by atoms with E-state index in [9.17, 15) is 4.79 Å². The predicted octanol–water partition coefficient (Wildman–Crippen LogP) is 1.36. The minimum Gasteiger partial charge on any atom is -0.384 e. The highest BCUT2D eigenvalue weighted by Gasteiger charge is 2.32. The van der Waals surface area contributed by atoms with Gasteiger partial charge in [0.25, 0.3) is 0 Å². The fraction of sp³-hybridized carbons (Fsp3) is 0.400. The van der Waals surface area contributed by atoms with Crippen LogP contribution in [0.5, 0.6) is 0 Å². The summed E-state index contributed by atoms with van der Waals surface area (Å²) in [6, 6.07) is 10.2. The highest BCUT2D eigenvalue weighted by Crippen LogP contribution is 2.23. The first-order chi connectivity index (χ1) is 10.3. The lowest BCUT2D eigenvalue weighted by Crippen LogP contribution is -2.51. The van der Waals surface area contributed by atoms with E-state index < -0.39 is 0 Å². The summed E-state index contributed by atoms with van der Waals surface area (Å²) in [6.07, 6.45) is 2.38. The number of hydrogen-bond acceptors (Lipinski definition) is 4. The van der Waals surface area contributed by atoms with Crippen LogP contribution in [0.1, 0.15) is 12.5 Å². The minimum absolute atomic E-state index is 0.136. The van der Waals surface area contributed by atoms with Gasteiger partial charge in [-0.25, -0.2) is 4.68 Å². The molecule has 0 saturated carbocycles. The highest BCUT2D eigenvalue weighted by molar-refractivity contribution is 5.77. The zero-order valence-electron chi connectivity index (χ0n) is 12.0. The van der Waals surface area contributed by atoms with E-state index in [1.165, 1.54) is 0 Å². The Morgan fingerprint density at radius 1 is 1.33 bits per heavy atom. The first kappa shape index (κ1) is 13.8. The Bertz CT molecular complexity index is 605. The first-order valence-electron chi connectivity index (χ1n) is 7.02. The molecule has 1 aromatic heterocycles. The molecule has 110 valence electrons. The lowest BCUT2D eigenvalue weighted by atomic mass is 10.1. The lowest BCUT2D eigenvalue weighted by Gasteiger charge is -2.38. The molecule has 0 bridgehead atoms. The number of benzene rings is 1. The summed E-state index contributed by atoms with van der Waals surface area (Å²) in [7, 11) is 1.60. The van der Waals surface area contributed by atoms with Crippen molar-refractivity contribution in [1.82, 2.24) is 19.9 Å². The molecule has 21 heavy (non-hydrogen) atoms. The van der Waals surface area contributed by atoms with Crippen LogP contribution in [0.4, 0.5) is 0 Å². The quantitative estimate of drug-likeness (QED) is 0.833. The summed E-state index contributed by atoms with van der Waals surface area (Å²) in [6.45, 7) is 1.86. The van der Waals surface area contributed by atoms with Crippen molar-refractivity contribution in [2.24, 2.45) is 0 Å². The number of methoxy groups -OCH3 is 1. The van der Waals surface area contributed by atoms with Crippen LogP contribution in [0, 0.1) is 0 Å². The third-order valence-corrected chi connectivity index (χ3v) is 3.69. The Morgan fingerprint density at radius 2 is 2.10 bits per heavy atom. The van der Waals surface area contributed by atoms with Gasteiger partial charge in [0.2, 0.25) is 5.91 Å². The van der Waals surface area contributed by atoms with E-state index in [0.29, 0.717) is 26.1 Å². The maximum absolute atomic E-state index is 11.8. The van der Waals surface area contributed by atoms with Gasteiger partial charge in [0.15, 0.2) is 0 Å². The van der Waals surface area contributed by atoms with Gasteiger partial charge in [0, 0.05) is 25.8 Å². The molecule has 1 aromatic carbocycles. The number of ether oxygens (including phenoxy) is 1. The van der Waals surface area contributed by atoms with Crippen molar-refractivity contribution >= 4 is 5.91 Å². The summed E-state index contributed by atoms with van der Waals surface area (Å²) < 4.78 is 6.77. The van der Waals surface area contributed by atoms with E-state index in [1.54, 1.807) is 7.11 Å². The van der Waals surface area contributed by atoms with Gasteiger partial charge in [-0.05, 0) is 0 Å². The molecule has 1 aliphatic rings. The average Bonchev–Trinajstić information content (AvgIpc) is 2.94. The van der Waals surface area contributed by atoms with Crippen LogP contribution in [0.2, 0.25) is 0 Å². The molecule has 6 heteroatoms. The van der Waals surface area contributed by atoms with Crippen molar-refractivity contribution in [3.05, 3.63) is 36.5 Å². The summed E-state index contributed by atoms with van der Waals surface area (Å²) in [5.74, 6) is 0.136. The second-order valence-corrected chi connectivity index (χ2v) is 5.15. The van der Waals surface area contributed by atoms with Gasteiger partial charge >= 0.3 is 0 Å². The van der Waals surface area contributed by atoms with E-state index >= 15 is 0 Å². The summed E-state index contributed by atoms with van der Waals surface area (Å²) in [4.78, 5) is 13.6. The number of rotatable bonds is 5. The van der Waals surface area contributed by atoms with E-state index in [1.807, 2.05) is 46.1 Å². The molecule has 0 unspecified atom stereocenters. The molecule has 0 atom stereocenters. The smallest absolute Gasteiger partial charge is 0.225 e. The van der Waals surface area contributed by atoms with E-state index in [2.05, 4.69) is 10.3 Å². The zero-order chi connectivity index (χ0) is 14.7. The number of hydrogen-bond donors (Lipinski definition) is 0. The molecule has 1 aliphatic heterocycles. The normalized spacial score (nSPS) is 15.0. The van der Waals surface area contributed by atoms with Crippen molar-refractivity contribution in [1.29, 1.82) is 0 Å². The number of likely N-dealkylation sites (tertiary alicyclic amines) is 1. The van der Waals surface area contributed by atoms with Crippen LogP contribution in [-0.2, 0) is 9.53 Å². The van der Waals surface area contributed by atoms with Crippen LogP contribution >= 0.6 is 0 Å². The van der Waals surface area contributed by atoms with E-state index in [-0.39, 0.29) is 11.9 Å². The Balaban J connectivity index is 1.58. The Hall–Kier alpha value is -2.21. The second-order valence-electron chi connectivity index (χ2n) is 5.15. The monoisotopic (exact) mass is 286 g/mol. The standard InChI is InChI=1S/C15H18N4O2/c1-21-8-7-15(20)18-9-13(10-18)19-11-14(16-17-19)12-5-3-2-4-6-12/h2-6,11,13H,7-10H2,1H3. The number of carbonyl (C=O) groups excluding carboxylic acids is 1. The maximum atomic E-state index is 11.8. The number of nitrogens with zero attached hydrogens (tertiary/aromatic N) is 4. The van der Waals surface area contributed by atoms with Crippen molar-refractivity contribution in [3.8, 4) is 11.3 Å².